The van der Waals surface area contributed by atoms with Crippen LogP contribution in [-0.4, -0.2) is 48.2 Å². The fraction of sp³-hybridized carbons (Fsp3) is 0.167. The number of pyridine rings is 1. The van der Waals surface area contributed by atoms with Gasteiger partial charge in [-0.2, -0.15) is 10.2 Å². The summed E-state index contributed by atoms with van der Waals surface area (Å²) in [7, 11) is 4.56. The third kappa shape index (κ3) is 4.20. The average molecular weight is 461 g/mol. The van der Waals surface area contributed by atoms with Crippen LogP contribution in [0.2, 0.25) is 0 Å². The first-order chi connectivity index (χ1) is 16.5. The smallest absolute Gasteiger partial charge is 0.274 e. The van der Waals surface area contributed by atoms with E-state index in [0.717, 1.165) is 5.39 Å². The summed E-state index contributed by atoms with van der Waals surface area (Å²) in [5, 5.41) is 9.18. The number of para-hydroxylation sites is 1. The molecule has 10 heteroatoms. The number of carbonyl (C=O) groups excluding carboxylic acids is 1. The van der Waals surface area contributed by atoms with E-state index < -0.39 is 5.91 Å². The zero-order valence-corrected chi connectivity index (χ0v) is 19.1. The van der Waals surface area contributed by atoms with Gasteiger partial charge >= 0.3 is 0 Å². The number of hydrogen-bond donors (Lipinski definition) is 2. The number of aromatic nitrogens is 3. The first kappa shape index (κ1) is 22.6. The first-order valence-electron chi connectivity index (χ1n) is 10.3. The van der Waals surface area contributed by atoms with Gasteiger partial charge in [-0.05, 0) is 25.1 Å². The Kier molecular flexibility index (Phi) is 6.30. The van der Waals surface area contributed by atoms with Crippen molar-refractivity contribution in [2.24, 2.45) is 5.10 Å². The largest absolute Gasteiger partial charge is 0.493 e. The second kappa shape index (κ2) is 9.49. The van der Waals surface area contributed by atoms with Crippen LogP contribution in [0.3, 0.4) is 0 Å². The quantitative estimate of drug-likeness (QED) is 0.323. The number of fused-ring (bicyclic) bond motifs is 1. The van der Waals surface area contributed by atoms with Crippen LogP contribution >= 0.6 is 0 Å². The van der Waals surface area contributed by atoms with Crippen molar-refractivity contribution in [3.8, 4) is 22.9 Å². The molecule has 4 rings (SSSR count). The summed E-state index contributed by atoms with van der Waals surface area (Å²) in [6.07, 6.45) is 2.90. The lowest BCUT2D eigenvalue weighted by Crippen LogP contribution is -2.18. The molecule has 2 aromatic carbocycles. The topological polar surface area (TPSA) is 120 Å². The second-order valence-corrected chi connectivity index (χ2v) is 7.28. The molecule has 0 spiro atoms. The van der Waals surface area contributed by atoms with Gasteiger partial charge in [-0.1, -0.05) is 18.2 Å². The number of benzene rings is 2. The number of carbonyl (C=O) groups is 1. The molecule has 0 saturated heterocycles. The molecule has 0 aliphatic carbocycles. The Balaban J connectivity index is 1.59. The van der Waals surface area contributed by atoms with E-state index >= 15 is 0 Å². The summed E-state index contributed by atoms with van der Waals surface area (Å²) >= 11 is 0. The van der Waals surface area contributed by atoms with Crippen LogP contribution in [-0.2, 0) is 0 Å². The molecule has 0 unspecified atom stereocenters. The number of methoxy groups -OCH3 is 3. The minimum Gasteiger partial charge on any atom is -0.493 e. The molecule has 0 aliphatic rings. The number of aromatic amines is 1. The summed E-state index contributed by atoms with van der Waals surface area (Å²) in [4.78, 5) is 27.7. The van der Waals surface area contributed by atoms with E-state index in [4.69, 9.17) is 14.2 Å². The van der Waals surface area contributed by atoms with Crippen molar-refractivity contribution in [3.05, 3.63) is 75.8 Å². The predicted molar refractivity (Wildman–Crippen MR) is 128 cm³/mol. The molecule has 4 aromatic rings. The standard InChI is InChI=1S/C24H23N5O5/c1-14-17(13-26-29(14)19-11-22(30)27-18-8-6-5-7-16(18)19)24(31)28-25-12-15-9-20(32-2)23(34-4)21(10-15)33-3/h5-13H,1-4H3,(H,27,30)(H,28,31)/b25-12-. The normalized spacial score (nSPS) is 11.1. The lowest BCUT2D eigenvalue weighted by molar-refractivity contribution is 0.0954. The Morgan fingerprint density at radius 2 is 1.79 bits per heavy atom. The highest BCUT2D eigenvalue weighted by Crippen LogP contribution is 2.37. The van der Waals surface area contributed by atoms with Crippen molar-refractivity contribution in [2.45, 2.75) is 6.92 Å². The minimum atomic E-state index is -0.443. The minimum absolute atomic E-state index is 0.260. The SMILES string of the molecule is COc1cc(/C=N\NC(=O)c2cnn(-c3cc(=O)[nH]c4ccccc34)c2C)cc(OC)c1OC. The molecule has 1 amide bonds. The number of amides is 1. The summed E-state index contributed by atoms with van der Waals surface area (Å²) < 4.78 is 17.5. The number of nitrogens with one attached hydrogen (secondary N) is 2. The molecule has 34 heavy (non-hydrogen) atoms. The molecule has 10 nitrogen and oxygen atoms in total. The fourth-order valence-electron chi connectivity index (χ4n) is 3.64. The lowest BCUT2D eigenvalue weighted by Gasteiger charge is -2.12. The van der Waals surface area contributed by atoms with Crippen molar-refractivity contribution in [2.75, 3.05) is 21.3 Å². The number of rotatable bonds is 7. The Hall–Kier alpha value is -4.60. The monoisotopic (exact) mass is 461 g/mol. The van der Waals surface area contributed by atoms with Crippen LogP contribution < -0.4 is 25.2 Å². The van der Waals surface area contributed by atoms with Crippen LogP contribution in [0.1, 0.15) is 21.6 Å². The molecule has 0 bridgehead atoms. The molecule has 2 aromatic heterocycles. The highest BCUT2D eigenvalue weighted by atomic mass is 16.5. The van der Waals surface area contributed by atoms with E-state index in [2.05, 4.69) is 20.6 Å². The van der Waals surface area contributed by atoms with Crippen molar-refractivity contribution >= 4 is 23.0 Å². The van der Waals surface area contributed by atoms with Gasteiger partial charge in [-0.25, -0.2) is 10.1 Å². The van der Waals surface area contributed by atoms with Gasteiger partial charge in [0.1, 0.15) is 0 Å². The zero-order chi connectivity index (χ0) is 24.2. The van der Waals surface area contributed by atoms with Gasteiger partial charge in [-0.15, -0.1) is 0 Å². The zero-order valence-electron chi connectivity index (χ0n) is 19.1. The van der Waals surface area contributed by atoms with E-state index in [9.17, 15) is 9.59 Å². The summed E-state index contributed by atoms with van der Waals surface area (Å²) in [6, 6.07) is 12.3. The second-order valence-electron chi connectivity index (χ2n) is 7.28. The van der Waals surface area contributed by atoms with E-state index in [1.165, 1.54) is 39.8 Å². The van der Waals surface area contributed by atoms with E-state index in [1.807, 2.05) is 24.3 Å². The number of H-pyrrole nitrogens is 1. The molecule has 2 heterocycles. The molecule has 0 radical (unpaired) electrons. The summed E-state index contributed by atoms with van der Waals surface area (Å²) in [5.41, 5.74) is 5.03. The maximum atomic E-state index is 12.8. The Bertz CT molecular complexity index is 1430. The van der Waals surface area contributed by atoms with Crippen molar-refractivity contribution in [1.29, 1.82) is 0 Å². The van der Waals surface area contributed by atoms with Crippen LogP contribution in [0, 0.1) is 6.92 Å². The number of nitrogens with zero attached hydrogens (tertiary/aromatic N) is 3. The molecule has 2 N–H and O–H groups in total. The average Bonchev–Trinajstić information content (AvgIpc) is 3.23. The van der Waals surface area contributed by atoms with Crippen LogP contribution in [0.5, 0.6) is 17.2 Å². The summed E-state index contributed by atoms with van der Waals surface area (Å²) in [5.74, 6) is 0.955. The predicted octanol–water partition coefficient (Wildman–Crippen LogP) is 2.81. The van der Waals surface area contributed by atoms with Gasteiger partial charge in [-0.3, -0.25) is 9.59 Å². The van der Waals surface area contributed by atoms with Gasteiger partial charge < -0.3 is 19.2 Å². The third-order valence-corrected chi connectivity index (χ3v) is 5.28. The van der Waals surface area contributed by atoms with Gasteiger partial charge in [0.2, 0.25) is 5.75 Å². The fourth-order valence-corrected chi connectivity index (χ4v) is 3.64. The van der Waals surface area contributed by atoms with Crippen molar-refractivity contribution in [1.82, 2.24) is 20.2 Å². The Morgan fingerprint density at radius 1 is 1.09 bits per heavy atom. The van der Waals surface area contributed by atoms with E-state index in [1.54, 1.807) is 23.7 Å². The van der Waals surface area contributed by atoms with Crippen molar-refractivity contribution in [3.63, 3.8) is 0 Å². The van der Waals surface area contributed by atoms with Crippen LogP contribution in [0.25, 0.3) is 16.6 Å². The number of hydrazone groups is 1. The van der Waals surface area contributed by atoms with Gasteiger partial charge in [0.15, 0.2) is 11.5 Å². The highest BCUT2D eigenvalue weighted by molar-refractivity contribution is 5.96. The molecule has 0 atom stereocenters. The van der Waals surface area contributed by atoms with Crippen LogP contribution in [0.4, 0.5) is 0 Å². The highest BCUT2D eigenvalue weighted by Gasteiger charge is 2.17. The molecule has 0 aliphatic heterocycles. The lowest BCUT2D eigenvalue weighted by atomic mass is 10.2. The molecular weight excluding hydrogens is 438 g/mol. The van der Waals surface area contributed by atoms with E-state index in [-0.39, 0.29) is 5.56 Å². The maximum Gasteiger partial charge on any atom is 0.274 e. The van der Waals surface area contributed by atoms with Crippen LogP contribution in [0.15, 0.2) is 58.6 Å². The van der Waals surface area contributed by atoms with Gasteiger partial charge in [0.05, 0.1) is 56.2 Å². The maximum absolute atomic E-state index is 12.8. The third-order valence-electron chi connectivity index (χ3n) is 5.28. The molecule has 174 valence electrons. The summed E-state index contributed by atoms with van der Waals surface area (Å²) in [6.45, 7) is 1.75. The Morgan fingerprint density at radius 3 is 2.47 bits per heavy atom. The number of hydrogen-bond acceptors (Lipinski definition) is 7. The van der Waals surface area contributed by atoms with Gasteiger partial charge in [0.25, 0.3) is 11.5 Å². The van der Waals surface area contributed by atoms with Gasteiger partial charge in [0, 0.05) is 17.0 Å². The van der Waals surface area contributed by atoms with E-state index in [0.29, 0.717) is 45.3 Å². The molecule has 0 saturated carbocycles. The first-order valence-corrected chi connectivity index (χ1v) is 10.3. The molecular formula is C24H23N5O5. The number of ether oxygens (including phenoxy) is 3. The molecule has 0 fully saturated rings. The Labute approximate surface area is 194 Å². The van der Waals surface area contributed by atoms with Crippen molar-refractivity contribution < 1.29 is 19.0 Å².